The van der Waals surface area contributed by atoms with Crippen LogP contribution in [0, 0.1) is 0 Å². The highest BCUT2D eigenvalue weighted by Gasteiger charge is 2.17. The molecule has 158 valence electrons. The Morgan fingerprint density at radius 1 is 1.00 bits per heavy atom. The van der Waals surface area contributed by atoms with Crippen molar-refractivity contribution in [1.82, 2.24) is 9.21 Å². The van der Waals surface area contributed by atoms with E-state index in [1.807, 2.05) is 42.5 Å². The standard InChI is InChI=1S/C21H28N4O2S.HI/c1-24(2)28(26,27)20-13-11-18(12-14-20)17-22-21(25-15-7-4-8-16-25)23-19-9-5-3-6-10-19;/h3,5-6,9-14H,4,7-8,15-17H2,1-2H3,(H,22,23);1H. The molecule has 0 bridgehead atoms. The average Bonchev–Trinajstić information content (AvgIpc) is 2.72. The second kappa shape index (κ2) is 10.9. The Kier molecular flexibility index (Phi) is 8.91. The van der Waals surface area contributed by atoms with Gasteiger partial charge in [-0.3, -0.25) is 0 Å². The van der Waals surface area contributed by atoms with Crippen LogP contribution in [0.25, 0.3) is 0 Å². The molecule has 0 aliphatic carbocycles. The van der Waals surface area contributed by atoms with E-state index in [0.717, 1.165) is 30.3 Å². The first-order valence-electron chi connectivity index (χ1n) is 9.60. The van der Waals surface area contributed by atoms with Gasteiger partial charge in [-0.05, 0) is 49.1 Å². The number of para-hydroxylation sites is 1. The molecule has 0 amide bonds. The monoisotopic (exact) mass is 528 g/mol. The highest BCUT2D eigenvalue weighted by atomic mass is 127. The number of likely N-dealkylation sites (tertiary alicyclic amines) is 1. The van der Waals surface area contributed by atoms with Gasteiger partial charge in [0.1, 0.15) is 0 Å². The topological polar surface area (TPSA) is 65.0 Å². The quantitative estimate of drug-likeness (QED) is 0.362. The number of nitrogens with one attached hydrogen (secondary N) is 1. The maximum absolute atomic E-state index is 12.2. The fourth-order valence-corrected chi connectivity index (χ4v) is 4.02. The van der Waals surface area contributed by atoms with Gasteiger partial charge >= 0.3 is 0 Å². The van der Waals surface area contributed by atoms with Crippen molar-refractivity contribution < 1.29 is 8.42 Å². The molecule has 0 atom stereocenters. The van der Waals surface area contributed by atoms with E-state index >= 15 is 0 Å². The molecule has 1 fully saturated rings. The van der Waals surface area contributed by atoms with E-state index in [0.29, 0.717) is 11.4 Å². The lowest BCUT2D eigenvalue weighted by Gasteiger charge is -2.30. The average molecular weight is 528 g/mol. The molecule has 0 saturated carbocycles. The summed E-state index contributed by atoms with van der Waals surface area (Å²) in [5, 5.41) is 3.44. The molecule has 1 aliphatic rings. The van der Waals surface area contributed by atoms with Gasteiger partial charge in [-0.25, -0.2) is 17.7 Å². The number of sulfonamides is 1. The Morgan fingerprint density at radius 3 is 2.21 bits per heavy atom. The van der Waals surface area contributed by atoms with E-state index < -0.39 is 10.0 Å². The van der Waals surface area contributed by atoms with Crippen molar-refractivity contribution in [2.24, 2.45) is 4.99 Å². The van der Waals surface area contributed by atoms with Crippen LogP contribution >= 0.6 is 24.0 Å². The number of benzene rings is 2. The lowest BCUT2D eigenvalue weighted by atomic mass is 10.1. The predicted molar refractivity (Wildman–Crippen MR) is 129 cm³/mol. The summed E-state index contributed by atoms with van der Waals surface area (Å²) in [6.45, 7) is 2.49. The number of aliphatic imine (C=N–C) groups is 1. The lowest BCUT2D eigenvalue weighted by Crippen LogP contribution is -2.40. The highest BCUT2D eigenvalue weighted by Crippen LogP contribution is 2.16. The molecular weight excluding hydrogens is 499 g/mol. The van der Waals surface area contributed by atoms with Gasteiger partial charge in [-0.1, -0.05) is 30.3 Å². The largest absolute Gasteiger partial charge is 0.343 e. The van der Waals surface area contributed by atoms with Gasteiger partial charge in [0.25, 0.3) is 0 Å². The molecule has 0 aromatic heterocycles. The second-order valence-electron chi connectivity index (χ2n) is 7.11. The summed E-state index contributed by atoms with van der Waals surface area (Å²) >= 11 is 0. The summed E-state index contributed by atoms with van der Waals surface area (Å²) in [5.74, 6) is 0.871. The first kappa shape index (κ1) is 23.6. The van der Waals surface area contributed by atoms with E-state index in [9.17, 15) is 8.42 Å². The van der Waals surface area contributed by atoms with Gasteiger partial charge in [0.05, 0.1) is 11.4 Å². The van der Waals surface area contributed by atoms with Crippen molar-refractivity contribution in [3.8, 4) is 0 Å². The summed E-state index contributed by atoms with van der Waals surface area (Å²) in [4.78, 5) is 7.40. The maximum Gasteiger partial charge on any atom is 0.242 e. The number of guanidine groups is 1. The molecule has 8 heteroatoms. The number of rotatable bonds is 5. The van der Waals surface area contributed by atoms with Gasteiger partial charge in [0.15, 0.2) is 5.96 Å². The Hall–Kier alpha value is -1.65. The number of halogens is 1. The van der Waals surface area contributed by atoms with Crippen molar-refractivity contribution in [2.75, 3.05) is 32.5 Å². The van der Waals surface area contributed by atoms with Gasteiger partial charge in [0, 0.05) is 32.9 Å². The van der Waals surface area contributed by atoms with Crippen LogP contribution in [-0.4, -0.2) is 50.8 Å². The van der Waals surface area contributed by atoms with E-state index in [1.165, 1.54) is 37.7 Å². The van der Waals surface area contributed by atoms with Crippen LogP contribution in [0.1, 0.15) is 24.8 Å². The number of hydrogen-bond donors (Lipinski definition) is 1. The third kappa shape index (κ3) is 6.42. The summed E-state index contributed by atoms with van der Waals surface area (Å²) in [7, 11) is -0.335. The lowest BCUT2D eigenvalue weighted by molar-refractivity contribution is 0.340. The molecule has 0 spiro atoms. The summed E-state index contributed by atoms with van der Waals surface area (Å²) < 4.78 is 25.6. The van der Waals surface area contributed by atoms with Crippen LogP contribution < -0.4 is 5.32 Å². The van der Waals surface area contributed by atoms with Crippen molar-refractivity contribution in [3.63, 3.8) is 0 Å². The van der Waals surface area contributed by atoms with E-state index in [1.54, 1.807) is 12.1 Å². The van der Waals surface area contributed by atoms with Gasteiger partial charge in [0.2, 0.25) is 10.0 Å². The van der Waals surface area contributed by atoms with Crippen LogP contribution in [0.3, 0.4) is 0 Å². The van der Waals surface area contributed by atoms with Crippen LogP contribution in [0.15, 0.2) is 64.5 Å². The Labute approximate surface area is 191 Å². The zero-order valence-corrected chi connectivity index (χ0v) is 20.1. The minimum absolute atomic E-state index is 0. The third-order valence-corrected chi connectivity index (χ3v) is 6.63. The zero-order valence-electron chi connectivity index (χ0n) is 16.9. The fourth-order valence-electron chi connectivity index (χ4n) is 3.12. The first-order valence-corrected chi connectivity index (χ1v) is 11.0. The van der Waals surface area contributed by atoms with Crippen LogP contribution in [0.4, 0.5) is 5.69 Å². The number of piperidine rings is 1. The smallest absolute Gasteiger partial charge is 0.242 e. The molecule has 29 heavy (non-hydrogen) atoms. The summed E-state index contributed by atoms with van der Waals surface area (Å²) in [6.07, 6.45) is 3.61. The molecule has 1 heterocycles. The molecule has 3 rings (SSSR count). The molecule has 1 N–H and O–H groups in total. The highest BCUT2D eigenvalue weighted by molar-refractivity contribution is 14.0. The molecule has 2 aromatic carbocycles. The predicted octanol–water partition coefficient (Wildman–Crippen LogP) is 4.01. The molecule has 0 radical (unpaired) electrons. The molecule has 1 aliphatic heterocycles. The zero-order chi connectivity index (χ0) is 20.0. The third-order valence-electron chi connectivity index (χ3n) is 4.80. The van der Waals surface area contributed by atoms with Crippen LogP contribution in [-0.2, 0) is 16.6 Å². The van der Waals surface area contributed by atoms with E-state index in [-0.39, 0.29) is 24.0 Å². The molecule has 2 aromatic rings. The van der Waals surface area contributed by atoms with Gasteiger partial charge < -0.3 is 10.2 Å². The van der Waals surface area contributed by atoms with E-state index in [4.69, 9.17) is 4.99 Å². The number of nitrogens with zero attached hydrogens (tertiary/aromatic N) is 3. The first-order chi connectivity index (χ1) is 13.5. The number of anilines is 1. The van der Waals surface area contributed by atoms with E-state index in [2.05, 4.69) is 10.2 Å². The Morgan fingerprint density at radius 2 is 1.62 bits per heavy atom. The normalized spacial score (nSPS) is 15.1. The second-order valence-corrected chi connectivity index (χ2v) is 9.26. The Balaban J connectivity index is 0.00000300. The van der Waals surface area contributed by atoms with Crippen molar-refractivity contribution in [1.29, 1.82) is 0 Å². The molecule has 0 unspecified atom stereocenters. The number of hydrogen-bond acceptors (Lipinski definition) is 3. The van der Waals surface area contributed by atoms with Gasteiger partial charge in [-0.2, -0.15) is 0 Å². The van der Waals surface area contributed by atoms with Crippen molar-refractivity contribution >= 4 is 45.6 Å². The minimum Gasteiger partial charge on any atom is -0.343 e. The SMILES string of the molecule is CN(C)S(=O)(=O)c1ccc(CN=C(Nc2ccccc2)N2CCCCC2)cc1.I. The summed E-state index contributed by atoms with van der Waals surface area (Å²) in [6, 6.07) is 17.0. The molecular formula is C21H29IN4O2S. The molecule has 6 nitrogen and oxygen atoms in total. The van der Waals surface area contributed by atoms with Crippen LogP contribution in [0.5, 0.6) is 0 Å². The fraction of sp³-hybridized carbons (Fsp3) is 0.381. The molecule has 1 saturated heterocycles. The van der Waals surface area contributed by atoms with Gasteiger partial charge in [-0.15, -0.1) is 24.0 Å². The van der Waals surface area contributed by atoms with Crippen LogP contribution in [0.2, 0.25) is 0 Å². The van der Waals surface area contributed by atoms with Crippen molar-refractivity contribution in [3.05, 3.63) is 60.2 Å². The Bertz CT molecular complexity index is 894. The maximum atomic E-state index is 12.2. The summed E-state index contributed by atoms with van der Waals surface area (Å²) in [5.41, 5.74) is 1.99. The van der Waals surface area contributed by atoms with Crippen molar-refractivity contribution in [2.45, 2.75) is 30.7 Å². The minimum atomic E-state index is -3.41.